The second-order valence-corrected chi connectivity index (χ2v) is 5.38. The molecule has 0 aromatic heterocycles. The molecule has 0 unspecified atom stereocenters. The second-order valence-electron chi connectivity index (χ2n) is 4.97. The van der Waals surface area contributed by atoms with Crippen molar-refractivity contribution in [2.75, 3.05) is 33.8 Å². The number of hydrazone groups is 1. The van der Waals surface area contributed by atoms with Crippen LogP contribution in [0.1, 0.15) is 5.56 Å². The molecule has 26 heavy (non-hydrogen) atoms. The number of methoxy groups -OCH3 is 4. The molecule has 2 rings (SSSR count). The molecule has 2 aromatic carbocycles. The summed E-state index contributed by atoms with van der Waals surface area (Å²) in [5.74, 6) is 2.43. The summed E-state index contributed by atoms with van der Waals surface area (Å²) in [5.41, 5.74) is 4.15. The highest BCUT2D eigenvalue weighted by atomic mass is 32.1. The Hall–Kier alpha value is -3.00. The van der Waals surface area contributed by atoms with Crippen LogP contribution in [0, 0.1) is 0 Å². The molecule has 0 heterocycles. The van der Waals surface area contributed by atoms with Gasteiger partial charge in [0.2, 0.25) is 0 Å². The van der Waals surface area contributed by atoms with E-state index in [4.69, 9.17) is 31.2 Å². The standard InChI is InChI=1S/C18H21N3O4S/c1-22-12-9-16(24-3)13(17(10-12)25-4)11-19-21-18(26)20-14-7-5-6-8-15(14)23-2/h5-11H,1-4H3,(H2,20,21,26)/b19-11-. The molecule has 0 aliphatic heterocycles. The zero-order valence-corrected chi connectivity index (χ0v) is 15.8. The number of hydrogen-bond acceptors (Lipinski definition) is 6. The summed E-state index contributed by atoms with van der Waals surface area (Å²) in [6.07, 6.45) is 1.56. The molecule has 0 amide bonds. The third kappa shape index (κ3) is 4.76. The van der Waals surface area contributed by atoms with E-state index in [2.05, 4.69) is 15.8 Å². The molecule has 0 atom stereocenters. The van der Waals surface area contributed by atoms with Gasteiger partial charge in [0, 0.05) is 12.1 Å². The first-order chi connectivity index (χ1) is 12.6. The normalized spacial score (nSPS) is 10.3. The number of hydrogen-bond donors (Lipinski definition) is 2. The Bertz CT molecular complexity index is 771. The van der Waals surface area contributed by atoms with Crippen LogP contribution in [0.4, 0.5) is 5.69 Å². The van der Waals surface area contributed by atoms with Crippen LogP contribution in [0.25, 0.3) is 0 Å². The van der Waals surface area contributed by atoms with Crippen LogP contribution in [-0.4, -0.2) is 39.8 Å². The molecule has 0 aliphatic rings. The molecular formula is C18H21N3O4S. The predicted octanol–water partition coefficient (Wildman–Crippen LogP) is 3.04. The van der Waals surface area contributed by atoms with Gasteiger partial charge in [0.25, 0.3) is 0 Å². The molecule has 0 saturated carbocycles. The predicted molar refractivity (Wildman–Crippen MR) is 106 cm³/mol. The number of rotatable bonds is 7. The topological polar surface area (TPSA) is 73.3 Å². The van der Waals surface area contributed by atoms with Gasteiger partial charge in [-0.3, -0.25) is 5.43 Å². The molecule has 2 N–H and O–H groups in total. The number of anilines is 1. The van der Waals surface area contributed by atoms with Crippen molar-refractivity contribution in [3.63, 3.8) is 0 Å². The molecule has 7 nitrogen and oxygen atoms in total. The fourth-order valence-corrected chi connectivity index (χ4v) is 2.38. The van der Waals surface area contributed by atoms with Crippen molar-refractivity contribution < 1.29 is 18.9 Å². The van der Waals surface area contributed by atoms with Gasteiger partial charge in [0.1, 0.15) is 23.0 Å². The lowest BCUT2D eigenvalue weighted by Crippen LogP contribution is -2.24. The Kier molecular flexibility index (Phi) is 7.04. The highest BCUT2D eigenvalue weighted by molar-refractivity contribution is 7.80. The summed E-state index contributed by atoms with van der Waals surface area (Å²) in [7, 11) is 6.29. The first-order valence-electron chi connectivity index (χ1n) is 7.66. The van der Waals surface area contributed by atoms with E-state index in [1.165, 1.54) is 0 Å². The Morgan fingerprint density at radius 3 is 2.12 bits per heavy atom. The average molecular weight is 375 g/mol. The number of benzene rings is 2. The van der Waals surface area contributed by atoms with Crippen LogP contribution < -0.4 is 29.7 Å². The summed E-state index contributed by atoms with van der Waals surface area (Å²) in [6, 6.07) is 10.9. The fraction of sp³-hybridized carbons (Fsp3) is 0.222. The summed E-state index contributed by atoms with van der Waals surface area (Å²) in [5, 5.41) is 7.48. The van der Waals surface area contributed by atoms with Crippen molar-refractivity contribution in [3.8, 4) is 23.0 Å². The van der Waals surface area contributed by atoms with Gasteiger partial charge < -0.3 is 24.3 Å². The summed E-state index contributed by atoms with van der Waals surface area (Å²) in [6.45, 7) is 0. The molecular weight excluding hydrogens is 354 g/mol. The third-order valence-electron chi connectivity index (χ3n) is 3.47. The molecule has 0 fully saturated rings. The van der Waals surface area contributed by atoms with E-state index in [1.54, 1.807) is 46.8 Å². The Morgan fingerprint density at radius 1 is 0.923 bits per heavy atom. The molecule has 2 aromatic rings. The first-order valence-corrected chi connectivity index (χ1v) is 8.06. The largest absolute Gasteiger partial charge is 0.496 e. The van der Waals surface area contributed by atoms with Crippen LogP contribution in [0.15, 0.2) is 41.5 Å². The number of nitrogens with one attached hydrogen (secondary N) is 2. The number of para-hydroxylation sites is 2. The van der Waals surface area contributed by atoms with Gasteiger partial charge in [0.05, 0.1) is 45.9 Å². The van der Waals surface area contributed by atoms with E-state index in [0.717, 1.165) is 5.69 Å². The zero-order chi connectivity index (χ0) is 18.9. The van der Waals surface area contributed by atoms with E-state index >= 15 is 0 Å². The maximum atomic E-state index is 5.37. The van der Waals surface area contributed by atoms with Crippen LogP contribution in [0.3, 0.4) is 0 Å². The molecule has 0 spiro atoms. The van der Waals surface area contributed by atoms with Gasteiger partial charge >= 0.3 is 0 Å². The van der Waals surface area contributed by atoms with Crippen molar-refractivity contribution in [1.82, 2.24) is 5.43 Å². The highest BCUT2D eigenvalue weighted by Crippen LogP contribution is 2.32. The molecule has 0 radical (unpaired) electrons. The van der Waals surface area contributed by atoms with E-state index in [9.17, 15) is 0 Å². The number of thiocarbonyl (C=S) groups is 1. The number of nitrogens with zero attached hydrogens (tertiary/aromatic N) is 1. The lowest BCUT2D eigenvalue weighted by atomic mass is 10.2. The van der Waals surface area contributed by atoms with Gasteiger partial charge in [-0.25, -0.2) is 0 Å². The summed E-state index contributed by atoms with van der Waals surface area (Å²) >= 11 is 5.25. The Balaban J connectivity index is 2.11. The molecule has 0 aliphatic carbocycles. The van der Waals surface area contributed by atoms with Crippen LogP contribution in [-0.2, 0) is 0 Å². The van der Waals surface area contributed by atoms with Crippen molar-refractivity contribution >= 4 is 29.2 Å². The smallest absolute Gasteiger partial charge is 0.191 e. The lowest BCUT2D eigenvalue weighted by molar-refractivity contribution is 0.374. The maximum Gasteiger partial charge on any atom is 0.191 e. The van der Waals surface area contributed by atoms with Crippen LogP contribution >= 0.6 is 12.2 Å². The highest BCUT2D eigenvalue weighted by Gasteiger charge is 2.11. The molecule has 8 heteroatoms. The van der Waals surface area contributed by atoms with E-state index in [0.29, 0.717) is 33.7 Å². The Morgan fingerprint density at radius 2 is 1.54 bits per heavy atom. The SMILES string of the molecule is COc1cc(OC)c(/C=N\NC(=S)Nc2ccccc2OC)c(OC)c1. The van der Waals surface area contributed by atoms with Crippen LogP contribution in [0.5, 0.6) is 23.0 Å². The van der Waals surface area contributed by atoms with Crippen LogP contribution in [0.2, 0.25) is 0 Å². The third-order valence-corrected chi connectivity index (χ3v) is 3.66. The van der Waals surface area contributed by atoms with Crippen molar-refractivity contribution in [2.24, 2.45) is 5.10 Å². The fourth-order valence-electron chi connectivity index (χ4n) is 2.21. The Labute approximate surface area is 157 Å². The van der Waals surface area contributed by atoms with Crippen molar-refractivity contribution in [2.45, 2.75) is 0 Å². The minimum Gasteiger partial charge on any atom is -0.496 e. The van der Waals surface area contributed by atoms with Crippen molar-refractivity contribution in [1.29, 1.82) is 0 Å². The van der Waals surface area contributed by atoms with E-state index < -0.39 is 0 Å². The minimum atomic E-state index is 0.317. The monoisotopic (exact) mass is 375 g/mol. The molecule has 0 bridgehead atoms. The molecule has 0 saturated heterocycles. The minimum absolute atomic E-state index is 0.317. The second kappa shape index (κ2) is 9.47. The molecule has 138 valence electrons. The zero-order valence-electron chi connectivity index (χ0n) is 15.0. The van der Waals surface area contributed by atoms with E-state index in [-0.39, 0.29) is 0 Å². The quantitative estimate of drug-likeness (QED) is 0.438. The average Bonchev–Trinajstić information content (AvgIpc) is 2.68. The summed E-state index contributed by atoms with van der Waals surface area (Å²) < 4.78 is 21.2. The lowest BCUT2D eigenvalue weighted by Gasteiger charge is -2.13. The van der Waals surface area contributed by atoms with Gasteiger partial charge in [0.15, 0.2) is 5.11 Å². The van der Waals surface area contributed by atoms with Gasteiger partial charge in [-0.15, -0.1) is 0 Å². The first kappa shape index (κ1) is 19.3. The van der Waals surface area contributed by atoms with E-state index in [1.807, 2.05) is 24.3 Å². The maximum absolute atomic E-state index is 5.37. The summed E-state index contributed by atoms with van der Waals surface area (Å²) in [4.78, 5) is 0. The van der Waals surface area contributed by atoms with Gasteiger partial charge in [-0.1, -0.05) is 12.1 Å². The number of ether oxygens (including phenoxy) is 4. The van der Waals surface area contributed by atoms with Crippen molar-refractivity contribution in [3.05, 3.63) is 42.0 Å². The van der Waals surface area contributed by atoms with Gasteiger partial charge in [-0.05, 0) is 24.4 Å². The van der Waals surface area contributed by atoms with Gasteiger partial charge in [-0.2, -0.15) is 5.10 Å².